The number of aliphatic hydroxyl groups is 2. The minimum absolute atomic E-state index is 0.125. The SMILES string of the molecule is C/C(=C\c1ccccc1)CN1CCC[C@@](O)(CO)CC1. The van der Waals surface area contributed by atoms with Crippen LogP contribution in [0, 0.1) is 0 Å². The molecule has 3 heteroatoms. The van der Waals surface area contributed by atoms with Crippen molar-refractivity contribution in [1.82, 2.24) is 4.90 Å². The van der Waals surface area contributed by atoms with E-state index in [-0.39, 0.29) is 6.61 Å². The number of hydrogen-bond donors (Lipinski definition) is 2. The van der Waals surface area contributed by atoms with Crippen molar-refractivity contribution in [3.63, 3.8) is 0 Å². The van der Waals surface area contributed by atoms with Crippen LogP contribution in [0.1, 0.15) is 31.7 Å². The maximum absolute atomic E-state index is 10.2. The number of benzene rings is 1. The van der Waals surface area contributed by atoms with Crippen molar-refractivity contribution in [2.45, 2.75) is 31.8 Å². The van der Waals surface area contributed by atoms with Crippen LogP contribution in [0.15, 0.2) is 35.9 Å². The Hall–Kier alpha value is -1.16. The van der Waals surface area contributed by atoms with Crippen LogP contribution in [0.4, 0.5) is 0 Å². The van der Waals surface area contributed by atoms with Crippen LogP contribution >= 0.6 is 0 Å². The molecule has 0 aliphatic carbocycles. The Morgan fingerprint density at radius 2 is 2.00 bits per heavy atom. The molecule has 2 N–H and O–H groups in total. The van der Waals surface area contributed by atoms with Gasteiger partial charge in [-0.1, -0.05) is 42.0 Å². The van der Waals surface area contributed by atoms with Crippen molar-refractivity contribution in [3.05, 3.63) is 41.5 Å². The third-order valence-corrected chi connectivity index (χ3v) is 3.99. The Kier molecular flexibility index (Phi) is 5.35. The normalized spacial score (nSPS) is 25.4. The van der Waals surface area contributed by atoms with Crippen molar-refractivity contribution in [3.8, 4) is 0 Å². The maximum Gasteiger partial charge on any atom is 0.0890 e. The van der Waals surface area contributed by atoms with E-state index < -0.39 is 5.60 Å². The highest BCUT2D eigenvalue weighted by atomic mass is 16.3. The molecule has 1 fully saturated rings. The highest BCUT2D eigenvalue weighted by molar-refractivity contribution is 5.52. The second-order valence-corrected chi connectivity index (χ2v) is 5.91. The first-order chi connectivity index (χ1) is 9.61. The summed E-state index contributed by atoms with van der Waals surface area (Å²) in [7, 11) is 0. The molecule has 1 saturated heterocycles. The van der Waals surface area contributed by atoms with E-state index in [2.05, 4.69) is 30.0 Å². The van der Waals surface area contributed by atoms with E-state index in [1.165, 1.54) is 11.1 Å². The second kappa shape index (κ2) is 7.02. The highest BCUT2D eigenvalue weighted by Crippen LogP contribution is 2.22. The molecule has 0 aromatic heterocycles. The van der Waals surface area contributed by atoms with E-state index in [0.717, 1.165) is 26.1 Å². The molecule has 3 nitrogen and oxygen atoms in total. The van der Waals surface area contributed by atoms with Gasteiger partial charge in [0.25, 0.3) is 0 Å². The Balaban J connectivity index is 1.92. The van der Waals surface area contributed by atoms with Crippen LogP contribution in [-0.2, 0) is 0 Å². The smallest absolute Gasteiger partial charge is 0.0890 e. The fourth-order valence-electron chi connectivity index (χ4n) is 2.78. The van der Waals surface area contributed by atoms with E-state index in [1.54, 1.807) is 0 Å². The molecule has 20 heavy (non-hydrogen) atoms. The molecule has 1 aliphatic heterocycles. The van der Waals surface area contributed by atoms with E-state index in [1.807, 2.05) is 18.2 Å². The molecule has 1 heterocycles. The van der Waals surface area contributed by atoms with Gasteiger partial charge in [0.1, 0.15) is 0 Å². The molecule has 1 aliphatic rings. The fraction of sp³-hybridized carbons (Fsp3) is 0.529. The van der Waals surface area contributed by atoms with Crippen LogP contribution in [0.2, 0.25) is 0 Å². The summed E-state index contributed by atoms with van der Waals surface area (Å²) in [5.74, 6) is 0. The van der Waals surface area contributed by atoms with Gasteiger partial charge in [-0.3, -0.25) is 4.90 Å². The number of rotatable bonds is 4. The van der Waals surface area contributed by atoms with Gasteiger partial charge in [0.2, 0.25) is 0 Å². The summed E-state index contributed by atoms with van der Waals surface area (Å²) in [6.07, 6.45) is 4.50. The Bertz CT molecular complexity index is 444. The topological polar surface area (TPSA) is 43.7 Å². The molecular weight excluding hydrogens is 250 g/mol. The van der Waals surface area contributed by atoms with E-state index >= 15 is 0 Å². The fourth-order valence-corrected chi connectivity index (χ4v) is 2.78. The van der Waals surface area contributed by atoms with Gasteiger partial charge in [-0.05, 0) is 38.3 Å². The van der Waals surface area contributed by atoms with Crippen LogP contribution in [0.25, 0.3) is 6.08 Å². The van der Waals surface area contributed by atoms with Crippen LogP contribution in [0.5, 0.6) is 0 Å². The standard InChI is InChI=1S/C17H25NO2/c1-15(12-16-6-3-2-4-7-16)13-18-10-5-8-17(20,14-19)9-11-18/h2-4,6-7,12,19-20H,5,8-11,13-14H2,1H3/b15-12+/t17-/m0/s1. The largest absolute Gasteiger partial charge is 0.393 e. The molecule has 0 amide bonds. The van der Waals surface area contributed by atoms with Crippen LogP contribution < -0.4 is 0 Å². The van der Waals surface area contributed by atoms with Gasteiger partial charge in [-0.15, -0.1) is 0 Å². The Labute approximate surface area is 121 Å². The lowest BCUT2D eigenvalue weighted by Gasteiger charge is -2.24. The maximum atomic E-state index is 10.2. The summed E-state index contributed by atoms with van der Waals surface area (Å²) < 4.78 is 0. The second-order valence-electron chi connectivity index (χ2n) is 5.91. The summed E-state index contributed by atoms with van der Waals surface area (Å²) in [5.41, 5.74) is 1.68. The van der Waals surface area contributed by atoms with Crippen molar-refractivity contribution in [1.29, 1.82) is 0 Å². The first-order valence-electron chi connectivity index (χ1n) is 7.39. The predicted molar refractivity (Wildman–Crippen MR) is 82.4 cm³/mol. The lowest BCUT2D eigenvalue weighted by Crippen LogP contribution is -2.35. The van der Waals surface area contributed by atoms with Gasteiger partial charge in [0, 0.05) is 13.1 Å². The molecule has 1 aromatic carbocycles. The van der Waals surface area contributed by atoms with E-state index in [4.69, 9.17) is 0 Å². The van der Waals surface area contributed by atoms with Gasteiger partial charge < -0.3 is 10.2 Å². The third kappa shape index (κ3) is 4.44. The van der Waals surface area contributed by atoms with Crippen molar-refractivity contribution < 1.29 is 10.2 Å². The summed E-state index contributed by atoms with van der Waals surface area (Å²) in [6, 6.07) is 10.3. The van der Waals surface area contributed by atoms with Gasteiger partial charge >= 0.3 is 0 Å². The lowest BCUT2D eigenvalue weighted by atomic mass is 9.96. The highest BCUT2D eigenvalue weighted by Gasteiger charge is 2.29. The first-order valence-corrected chi connectivity index (χ1v) is 7.39. The number of likely N-dealkylation sites (tertiary alicyclic amines) is 1. The van der Waals surface area contributed by atoms with Crippen LogP contribution in [0.3, 0.4) is 0 Å². The quantitative estimate of drug-likeness (QED) is 0.886. The average Bonchev–Trinajstić information content (AvgIpc) is 2.63. The molecule has 1 atom stereocenters. The molecule has 1 aromatic rings. The minimum Gasteiger partial charge on any atom is -0.393 e. The van der Waals surface area contributed by atoms with Gasteiger partial charge in [0.15, 0.2) is 0 Å². The molecule has 0 radical (unpaired) electrons. The van der Waals surface area contributed by atoms with Crippen LogP contribution in [-0.4, -0.2) is 47.0 Å². The Morgan fingerprint density at radius 1 is 1.25 bits per heavy atom. The zero-order valence-electron chi connectivity index (χ0n) is 12.3. The number of nitrogens with zero attached hydrogens (tertiary/aromatic N) is 1. The van der Waals surface area contributed by atoms with Crippen molar-refractivity contribution >= 4 is 6.08 Å². The molecule has 0 bridgehead atoms. The predicted octanol–water partition coefficient (Wildman–Crippen LogP) is 2.30. The third-order valence-electron chi connectivity index (χ3n) is 3.99. The van der Waals surface area contributed by atoms with Gasteiger partial charge in [0.05, 0.1) is 12.2 Å². The number of aliphatic hydroxyl groups excluding tert-OH is 1. The average molecular weight is 275 g/mol. The van der Waals surface area contributed by atoms with Gasteiger partial charge in [-0.25, -0.2) is 0 Å². The van der Waals surface area contributed by atoms with Gasteiger partial charge in [-0.2, -0.15) is 0 Å². The molecule has 0 saturated carbocycles. The van der Waals surface area contributed by atoms with E-state index in [9.17, 15) is 10.2 Å². The molecule has 0 spiro atoms. The zero-order valence-corrected chi connectivity index (χ0v) is 12.3. The lowest BCUT2D eigenvalue weighted by molar-refractivity contribution is -0.0252. The molecule has 0 unspecified atom stereocenters. The van der Waals surface area contributed by atoms with E-state index in [0.29, 0.717) is 12.8 Å². The minimum atomic E-state index is -0.869. The summed E-state index contributed by atoms with van der Waals surface area (Å²) in [5, 5.41) is 19.4. The van der Waals surface area contributed by atoms with Crippen molar-refractivity contribution in [2.75, 3.05) is 26.2 Å². The molecule has 2 rings (SSSR count). The van der Waals surface area contributed by atoms with Crippen molar-refractivity contribution in [2.24, 2.45) is 0 Å². The first kappa shape index (κ1) is 15.2. The Morgan fingerprint density at radius 3 is 2.70 bits per heavy atom. The summed E-state index contributed by atoms with van der Waals surface area (Å²) in [6.45, 7) is 4.78. The zero-order chi connectivity index (χ0) is 14.4. The number of hydrogen-bond acceptors (Lipinski definition) is 3. The molecule has 110 valence electrons. The monoisotopic (exact) mass is 275 g/mol. The summed E-state index contributed by atoms with van der Waals surface area (Å²) >= 11 is 0. The summed E-state index contributed by atoms with van der Waals surface area (Å²) in [4.78, 5) is 2.36. The molecular formula is C17H25NO2.